The van der Waals surface area contributed by atoms with E-state index in [0.717, 1.165) is 4.68 Å². The first-order chi connectivity index (χ1) is 12.0. The Morgan fingerprint density at radius 1 is 1.28 bits per heavy atom. The molecule has 0 spiro atoms. The predicted octanol–water partition coefficient (Wildman–Crippen LogP) is 2.50. The highest BCUT2D eigenvalue weighted by molar-refractivity contribution is 5.85. The Labute approximate surface area is 142 Å². The van der Waals surface area contributed by atoms with Crippen LogP contribution < -0.4 is 10.3 Å². The maximum atomic E-state index is 12.6. The number of methoxy groups -OCH3 is 1. The van der Waals surface area contributed by atoms with E-state index in [9.17, 15) is 14.9 Å². The molecule has 3 aromatic rings. The van der Waals surface area contributed by atoms with Crippen LogP contribution in [0.3, 0.4) is 0 Å². The van der Waals surface area contributed by atoms with Gasteiger partial charge in [-0.05, 0) is 25.1 Å². The highest BCUT2D eigenvalue weighted by Gasteiger charge is 2.11. The monoisotopic (exact) mass is 338 g/mol. The van der Waals surface area contributed by atoms with E-state index in [1.54, 1.807) is 31.2 Å². The number of benzene rings is 2. The minimum Gasteiger partial charge on any atom is -0.496 e. The van der Waals surface area contributed by atoms with Gasteiger partial charge in [0.2, 0.25) is 0 Å². The summed E-state index contributed by atoms with van der Waals surface area (Å²) in [4.78, 5) is 27.3. The number of nitrogens with zero attached hydrogens (tertiary/aromatic N) is 4. The van der Waals surface area contributed by atoms with Gasteiger partial charge in [-0.15, -0.1) is 0 Å². The summed E-state index contributed by atoms with van der Waals surface area (Å²) in [6.45, 7) is 1.66. The van der Waals surface area contributed by atoms with Gasteiger partial charge in [0.25, 0.3) is 11.2 Å². The first-order valence-electron chi connectivity index (χ1n) is 7.36. The molecule has 0 aliphatic rings. The number of fused-ring (bicyclic) bond motifs is 1. The second-order valence-electron chi connectivity index (χ2n) is 5.22. The van der Waals surface area contributed by atoms with E-state index in [1.807, 2.05) is 0 Å². The predicted molar refractivity (Wildman–Crippen MR) is 93.4 cm³/mol. The van der Waals surface area contributed by atoms with Crippen LogP contribution >= 0.6 is 0 Å². The standard InChI is InChI=1S/C17H14N4O4/c1-11-19-15-6-4-3-5-14(15)17(22)20(11)18-10-12-9-13(21(23)24)7-8-16(12)25-2/h3-10H,1-2H3/b18-10+. The lowest BCUT2D eigenvalue weighted by molar-refractivity contribution is -0.384. The number of hydrogen-bond acceptors (Lipinski definition) is 6. The largest absolute Gasteiger partial charge is 0.496 e. The molecule has 0 unspecified atom stereocenters. The van der Waals surface area contributed by atoms with Crippen LogP contribution in [0.1, 0.15) is 11.4 Å². The van der Waals surface area contributed by atoms with Gasteiger partial charge in [0.15, 0.2) is 0 Å². The van der Waals surface area contributed by atoms with E-state index < -0.39 is 4.92 Å². The Balaban J connectivity index is 2.11. The second-order valence-corrected chi connectivity index (χ2v) is 5.22. The van der Waals surface area contributed by atoms with E-state index in [2.05, 4.69) is 10.1 Å². The van der Waals surface area contributed by atoms with Crippen molar-refractivity contribution in [2.75, 3.05) is 7.11 Å². The molecule has 0 bridgehead atoms. The summed E-state index contributed by atoms with van der Waals surface area (Å²) >= 11 is 0. The van der Waals surface area contributed by atoms with Crippen LogP contribution in [0.2, 0.25) is 0 Å². The van der Waals surface area contributed by atoms with Gasteiger partial charge < -0.3 is 4.74 Å². The van der Waals surface area contributed by atoms with Crippen molar-refractivity contribution in [1.82, 2.24) is 9.66 Å². The molecule has 126 valence electrons. The number of aryl methyl sites for hydroxylation is 1. The van der Waals surface area contributed by atoms with E-state index in [0.29, 0.717) is 28.0 Å². The molecule has 0 N–H and O–H groups in total. The average molecular weight is 338 g/mol. The summed E-state index contributed by atoms with van der Waals surface area (Å²) in [7, 11) is 1.45. The zero-order valence-corrected chi connectivity index (χ0v) is 13.5. The molecule has 0 saturated carbocycles. The normalized spacial score (nSPS) is 11.1. The molecule has 1 aromatic heterocycles. The van der Waals surface area contributed by atoms with Crippen molar-refractivity contribution in [3.8, 4) is 5.75 Å². The summed E-state index contributed by atoms with van der Waals surface area (Å²) in [5.41, 5.74) is 0.562. The van der Waals surface area contributed by atoms with Gasteiger partial charge in [-0.3, -0.25) is 14.9 Å². The van der Waals surface area contributed by atoms with Crippen LogP contribution in [0.5, 0.6) is 5.75 Å². The fourth-order valence-electron chi connectivity index (χ4n) is 2.43. The molecule has 25 heavy (non-hydrogen) atoms. The topological polar surface area (TPSA) is 99.6 Å². The third-order valence-corrected chi connectivity index (χ3v) is 3.65. The van der Waals surface area contributed by atoms with E-state index in [4.69, 9.17) is 4.74 Å². The van der Waals surface area contributed by atoms with Gasteiger partial charge in [0.1, 0.15) is 11.6 Å². The molecule has 8 heteroatoms. The van der Waals surface area contributed by atoms with E-state index in [-0.39, 0.29) is 11.2 Å². The minimum atomic E-state index is -0.508. The number of non-ortho nitro benzene ring substituents is 1. The number of ether oxygens (including phenoxy) is 1. The fraction of sp³-hybridized carbons (Fsp3) is 0.118. The quantitative estimate of drug-likeness (QED) is 0.413. The Kier molecular flexibility index (Phi) is 4.25. The van der Waals surface area contributed by atoms with Crippen LogP contribution in [-0.4, -0.2) is 27.9 Å². The summed E-state index contributed by atoms with van der Waals surface area (Å²) in [5.74, 6) is 0.818. The van der Waals surface area contributed by atoms with Crippen LogP contribution in [0, 0.1) is 17.0 Å². The molecule has 8 nitrogen and oxygen atoms in total. The molecule has 3 rings (SSSR count). The second kappa shape index (κ2) is 6.52. The maximum Gasteiger partial charge on any atom is 0.282 e. The highest BCUT2D eigenvalue weighted by Crippen LogP contribution is 2.22. The number of aromatic nitrogens is 2. The Hall–Kier alpha value is -3.55. The summed E-state index contributed by atoms with van der Waals surface area (Å²) in [6, 6.07) is 11.1. The zero-order valence-electron chi connectivity index (χ0n) is 13.5. The molecule has 0 atom stereocenters. The molecular weight excluding hydrogens is 324 g/mol. The lowest BCUT2D eigenvalue weighted by Crippen LogP contribution is -2.20. The molecule has 0 radical (unpaired) electrons. The minimum absolute atomic E-state index is 0.0945. The van der Waals surface area contributed by atoms with Gasteiger partial charge in [-0.25, -0.2) is 4.98 Å². The first kappa shape index (κ1) is 16.3. The highest BCUT2D eigenvalue weighted by atomic mass is 16.6. The van der Waals surface area contributed by atoms with E-state index >= 15 is 0 Å². The van der Waals surface area contributed by atoms with Gasteiger partial charge in [-0.1, -0.05) is 12.1 Å². The van der Waals surface area contributed by atoms with Gasteiger partial charge >= 0.3 is 0 Å². The van der Waals surface area contributed by atoms with Crippen molar-refractivity contribution < 1.29 is 9.66 Å². The van der Waals surface area contributed by atoms with E-state index in [1.165, 1.54) is 31.5 Å². The summed E-state index contributed by atoms with van der Waals surface area (Å²) < 4.78 is 6.34. The van der Waals surface area contributed by atoms with Crippen molar-refractivity contribution in [3.05, 3.63) is 74.3 Å². The molecular formula is C17H14N4O4. The molecule has 1 heterocycles. The van der Waals surface area contributed by atoms with Crippen molar-refractivity contribution in [2.24, 2.45) is 5.10 Å². The van der Waals surface area contributed by atoms with Crippen LogP contribution in [0.15, 0.2) is 52.4 Å². The number of hydrogen-bond donors (Lipinski definition) is 0. The lowest BCUT2D eigenvalue weighted by atomic mass is 10.2. The third-order valence-electron chi connectivity index (χ3n) is 3.65. The molecule has 0 aliphatic heterocycles. The Bertz CT molecular complexity index is 1060. The zero-order chi connectivity index (χ0) is 18.0. The van der Waals surface area contributed by atoms with Crippen molar-refractivity contribution in [3.63, 3.8) is 0 Å². The number of nitro benzene ring substituents is 1. The lowest BCUT2D eigenvalue weighted by Gasteiger charge is -2.06. The van der Waals surface area contributed by atoms with Crippen LogP contribution in [-0.2, 0) is 0 Å². The van der Waals surface area contributed by atoms with Gasteiger partial charge in [0, 0.05) is 17.7 Å². The Morgan fingerprint density at radius 2 is 2.04 bits per heavy atom. The van der Waals surface area contributed by atoms with Crippen molar-refractivity contribution in [2.45, 2.75) is 6.92 Å². The van der Waals surface area contributed by atoms with Crippen LogP contribution in [0.25, 0.3) is 10.9 Å². The van der Waals surface area contributed by atoms with Crippen molar-refractivity contribution in [1.29, 1.82) is 0 Å². The molecule has 0 amide bonds. The number of rotatable bonds is 4. The van der Waals surface area contributed by atoms with Gasteiger partial charge in [0.05, 0.1) is 29.2 Å². The number of nitro groups is 1. The average Bonchev–Trinajstić information content (AvgIpc) is 2.61. The Morgan fingerprint density at radius 3 is 2.76 bits per heavy atom. The fourth-order valence-corrected chi connectivity index (χ4v) is 2.43. The molecule has 2 aromatic carbocycles. The SMILES string of the molecule is COc1ccc([N+](=O)[O-])cc1/C=N/n1c(C)nc2ccccc2c1=O. The summed E-state index contributed by atoms with van der Waals surface area (Å²) in [5, 5.41) is 15.5. The molecule has 0 aliphatic carbocycles. The van der Waals surface area contributed by atoms with Crippen molar-refractivity contribution >= 4 is 22.8 Å². The third kappa shape index (κ3) is 3.09. The van der Waals surface area contributed by atoms with Crippen LogP contribution in [0.4, 0.5) is 5.69 Å². The van der Waals surface area contributed by atoms with Gasteiger partial charge in [-0.2, -0.15) is 9.78 Å². The molecule has 0 fully saturated rings. The first-order valence-corrected chi connectivity index (χ1v) is 7.36. The smallest absolute Gasteiger partial charge is 0.282 e. The maximum absolute atomic E-state index is 12.6. The molecule has 0 saturated heterocycles. The number of para-hydroxylation sites is 1. The summed E-state index contributed by atoms with van der Waals surface area (Å²) in [6.07, 6.45) is 1.34.